The average Bonchev–Trinajstić information content (AvgIpc) is 1.41. The maximum atomic E-state index is 5.00. The van der Waals surface area contributed by atoms with Gasteiger partial charge in [-0.05, 0) is 0 Å². The zero-order valence-corrected chi connectivity index (χ0v) is 29.2. The second kappa shape index (κ2) is 55.9. The maximum Gasteiger partial charge on any atom is 0 e. The van der Waals surface area contributed by atoms with Gasteiger partial charge in [-0.15, -0.1) is 0 Å². The van der Waals surface area contributed by atoms with Crippen LogP contribution in [0.5, 0.6) is 0 Å². The molecular formula is C4H5W8-. The van der Waals surface area contributed by atoms with Crippen molar-refractivity contribution in [2.75, 3.05) is 0 Å². The Bertz CT molecular complexity index is 40.3. The van der Waals surface area contributed by atoms with Crippen LogP contribution in [0.1, 0.15) is 6.42 Å². The molecule has 0 nitrogen and oxygen atoms in total. The third kappa shape index (κ3) is 59.5. The van der Waals surface area contributed by atoms with Crippen LogP contribution in [0.25, 0.3) is 0 Å². The quantitative estimate of drug-likeness (QED) is 0.358. The Hall–Kier alpha value is 5.12. The Balaban J connectivity index is -0.00000000381. The Kier molecular flexibility index (Phi) is 249. The first kappa shape index (κ1) is 53.5. The molecule has 0 N–H and O–H groups in total. The molecule has 0 aliphatic rings. The summed E-state index contributed by atoms with van der Waals surface area (Å²) in [5.41, 5.74) is 0. The van der Waals surface area contributed by atoms with Gasteiger partial charge in [0.1, 0.15) is 0 Å². The van der Waals surface area contributed by atoms with Gasteiger partial charge in [-0.25, -0.2) is 0 Å². The van der Waals surface area contributed by atoms with E-state index < -0.39 is 0 Å². The van der Waals surface area contributed by atoms with Crippen LogP contribution in [0.3, 0.4) is 0 Å². The molecule has 0 aliphatic carbocycles. The smallest absolute Gasteiger partial charge is 0 e. The molecule has 0 amide bonds. The molecule has 8 heteroatoms. The van der Waals surface area contributed by atoms with E-state index in [1.165, 1.54) is 19.4 Å². The summed E-state index contributed by atoms with van der Waals surface area (Å²) in [7, 11) is 0. The predicted octanol–water partition coefficient (Wildman–Crippen LogP) is 0.697. The first-order valence-corrected chi connectivity index (χ1v) is 3.08. The molecule has 0 fully saturated rings. The van der Waals surface area contributed by atoms with Gasteiger partial charge in [-0.3, -0.25) is 0 Å². The van der Waals surface area contributed by atoms with Crippen molar-refractivity contribution in [2.45, 2.75) is 6.42 Å². The second-order valence-corrected chi connectivity index (χ2v) is 1.84. The van der Waals surface area contributed by atoms with Crippen LogP contribution in [0.4, 0.5) is 0 Å². The molecule has 0 aromatic carbocycles. The summed E-state index contributed by atoms with van der Waals surface area (Å²) in [6.07, 6.45) is 2.60. The van der Waals surface area contributed by atoms with Gasteiger partial charge in [0.2, 0.25) is 0 Å². The van der Waals surface area contributed by atoms with E-state index in [0.717, 1.165) is 6.42 Å². The largest absolute Gasteiger partial charge is 0 e. The second-order valence-electron chi connectivity index (χ2n) is 0.638. The topological polar surface area (TPSA) is 0 Å². The van der Waals surface area contributed by atoms with E-state index in [4.69, 9.17) is 6.58 Å². The summed E-state index contributed by atoms with van der Waals surface area (Å²) in [6, 6.07) is 0. The third-order valence-electron chi connectivity index (χ3n) is 0.232. The zero-order valence-electron chi connectivity index (χ0n) is 5.71. The van der Waals surface area contributed by atoms with Crippen molar-refractivity contribution in [3.63, 3.8) is 0 Å². The summed E-state index contributed by atoms with van der Waals surface area (Å²) < 4.78 is 2.08. The van der Waals surface area contributed by atoms with Crippen LogP contribution in [0.2, 0.25) is 0 Å². The van der Waals surface area contributed by atoms with Crippen molar-refractivity contribution in [3.8, 4) is 0 Å². The fraction of sp³-hybridized carbons (Fsp3) is 0.250. The van der Waals surface area contributed by atoms with Crippen molar-refractivity contribution in [1.82, 2.24) is 0 Å². The zero-order chi connectivity index (χ0) is 4.12. The number of allylic oxidation sites excluding steroid dienone is 1. The van der Waals surface area contributed by atoms with Gasteiger partial charge in [0, 0.05) is 147 Å². The fourth-order valence-electron chi connectivity index (χ4n) is 0.0556. The maximum absolute atomic E-state index is 5.00. The summed E-state index contributed by atoms with van der Waals surface area (Å²) >= 11 is 1.49. The van der Waals surface area contributed by atoms with Crippen molar-refractivity contribution in [2.24, 2.45) is 0 Å². The average molecular weight is 1520 g/mol. The Morgan fingerprint density at radius 2 is 1.08 bits per heavy atom. The number of rotatable bonds is 2. The molecule has 70 valence electrons. The first-order valence-electron chi connectivity index (χ1n) is 1.39. The summed E-state index contributed by atoms with van der Waals surface area (Å²) in [5.74, 6) is 0. The van der Waals surface area contributed by atoms with E-state index in [2.05, 4.69) is 4.40 Å². The molecule has 0 aromatic rings. The monoisotopic (exact) mass is 1520 g/mol. The van der Waals surface area contributed by atoms with Gasteiger partial charge in [-0.1, -0.05) is 0 Å². The van der Waals surface area contributed by atoms with Crippen molar-refractivity contribution < 1.29 is 167 Å². The first-order chi connectivity index (χ1) is 2.41. The third-order valence-corrected chi connectivity index (χ3v) is 0.924. The van der Waals surface area contributed by atoms with Crippen LogP contribution >= 0.6 is 0 Å². The molecule has 0 saturated carbocycles. The SMILES string of the molecule is [CH-]=CC[CH]=[W].[W].[W].[W].[W].[W].[W].[W]. The summed E-state index contributed by atoms with van der Waals surface area (Å²) in [6.45, 7) is 5.00. The van der Waals surface area contributed by atoms with Gasteiger partial charge in [0.05, 0.1) is 0 Å². The molecule has 0 atom stereocenters. The normalized spacial score (nSPS) is 2.67. The van der Waals surface area contributed by atoms with Crippen LogP contribution < -0.4 is 0 Å². The van der Waals surface area contributed by atoms with E-state index in [1.54, 1.807) is 6.08 Å². The minimum Gasteiger partial charge on any atom is 0 e. The van der Waals surface area contributed by atoms with E-state index in [1.807, 2.05) is 0 Å². The molecule has 0 heterocycles. The summed E-state index contributed by atoms with van der Waals surface area (Å²) in [4.78, 5) is 0. The molecular weight excluding hydrogens is 1520 g/mol. The van der Waals surface area contributed by atoms with Crippen molar-refractivity contribution in [1.29, 1.82) is 0 Å². The molecule has 0 bridgehead atoms. The van der Waals surface area contributed by atoms with Crippen LogP contribution in [-0.4, -0.2) is 4.40 Å². The molecule has 0 unspecified atom stereocenters. The molecule has 0 saturated heterocycles. The van der Waals surface area contributed by atoms with Crippen molar-refractivity contribution >= 4 is 4.40 Å². The van der Waals surface area contributed by atoms with Gasteiger partial charge in [0.15, 0.2) is 0 Å². The molecule has 12 heavy (non-hydrogen) atoms. The van der Waals surface area contributed by atoms with E-state index in [-0.39, 0.29) is 147 Å². The molecule has 0 radical (unpaired) electrons. The van der Waals surface area contributed by atoms with Gasteiger partial charge >= 0.3 is 42.8 Å². The molecule has 0 aromatic heterocycles. The van der Waals surface area contributed by atoms with E-state index in [9.17, 15) is 0 Å². The fourth-order valence-corrected chi connectivity index (χ4v) is 0.455. The Morgan fingerprint density at radius 1 is 0.833 bits per heavy atom. The number of hydrogen-bond acceptors (Lipinski definition) is 0. The molecule has 0 spiro atoms. The van der Waals surface area contributed by atoms with Gasteiger partial charge in [0.25, 0.3) is 0 Å². The van der Waals surface area contributed by atoms with Crippen LogP contribution in [0.15, 0.2) is 6.08 Å². The predicted molar refractivity (Wildman–Crippen MR) is 19.6 cm³/mol. The Morgan fingerprint density at radius 3 is 1.08 bits per heavy atom. The Labute approximate surface area is 186 Å². The minimum atomic E-state index is 0. The van der Waals surface area contributed by atoms with Crippen LogP contribution in [-0.2, 0) is 167 Å². The van der Waals surface area contributed by atoms with E-state index in [0.29, 0.717) is 0 Å². The van der Waals surface area contributed by atoms with Gasteiger partial charge < -0.3 is 0 Å². The minimum absolute atomic E-state index is 0. The number of hydrogen-bond donors (Lipinski definition) is 0. The van der Waals surface area contributed by atoms with Gasteiger partial charge in [-0.2, -0.15) is 0 Å². The van der Waals surface area contributed by atoms with Crippen LogP contribution in [0, 0.1) is 6.58 Å². The van der Waals surface area contributed by atoms with Crippen molar-refractivity contribution in [3.05, 3.63) is 12.7 Å². The van der Waals surface area contributed by atoms with E-state index >= 15 is 0 Å². The molecule has 0 rings (SSSR count). The summed E-state index contributed by atoms with van der Waals surface area (Å²) in [5, 5.41) is 0. The molecule has 0 aliphatic heterocycles. The standard InChI is InChI=1S/C4H5.8W/c1-3-4-2;;;;;;;;/h1-3H,4H2;;;;;;;;/q-1;;;;;;;;.